The molecule has 0 spiro atoms. The predicted octanol–water partition coefficient (Wildman–Crippen LogP) is 2.80. The van der Waals surface area contributed by atoms with Gasteiger partial charge in [0.1, 0.15) is 28.9 Å². The molecule has 5 aromatic rings. The molecule has 0 aliphatic rings. The second-order valence-electron chi connectivity index (χ2n) is 6.32. The van der Waals surface area contributed by atoms with Crippen LogP contribution in [0.3, 0.4) is 0 Å². The summed E-state index contributed by atoms with van der Waals surface area (Å²) in [6, 6.07) is 13.4. The molecular formula is C20H14FN7O. The van der Waals surface area contributed by atoms with Crippen molar-refractivity contribution in [2.75, 3.05) is 5.32 Å². The number of hydrogen-bond acceptors (Lipinski definition) is 6. The fraction of sp³-hybridized carbons (Fsp3) is 0.0500. The van der Waals surface area contributed by atoms with Crippen molar-refractivity contribution in [2.45, 2.75) is 6.54 Å². The van der Waals surface area contributed by atoms with Crippen LogP contribution in [0.25, 0.3) is 27.8 Å². The third-order valence-corrected chi connectivity index (χ3v) is 4.57. The van der Waals surface area contributed by atoms with E-state index in [1.54, 1.807) is 18.2 Å². The maximum atomic E-state index is 14.4. The van der Waals surface area contributed by atoms with Gasteiger partial charge in [-0.2, -0.15) is 0 Å². The zero-order valence-corrected chi connectivity index (χ0v) is 15.0. The summed E-state index contributed by atoms with van der Waals surface area (Å²) in [5, 5.41) is 3.12. The number of anilines is 1. The summed E-state index contributed by atoms with van der Waals surface area (Å²) in [5.74, 6) is 0.352. The second kappa shape index (κ2) is 6.79. The van der Waals surface area contributed by atoms with Gasteiger partial charge in [0, 0.05) is 0 Å². The van der Waals surface area contributed by atoms with Gasteiger partial charge in [-0.25, -0.2) is 24.3 Å². The molecule has 0 atom stereocenters. The average molecular weight is 387 g/mol. The SMILES string of the molecule is O=c1c2c(F)cccc2nc(CNc2ncnc3nc[nH]c23)n1-c1ccccc1. The fourth-order valence-electron chi connectivity index (χ4n) is 3.26. The van der Waals surface area contributed by atoms with E-state index in [-0.39, 0.29) is 11.9 Å². The lowest BCUT2D eigenvalue weighted by atomic mass is 10.2. The predicted molar refractivity (Wildman–Crippen MR) is 106 cm³/mol. The van der Waals surface area contributed by atoms with Gasteiger partial charge in [-0.05, 0) is 24.3 Å². The van der Waals surface area contributed by atoms with Gasteiger partial charge in [-0.3, -0.25) is 9.36 Å². The molecule has 142 valence electrons. The van der Waals surface area contributed by atoms with Crippen LogP contribution < -0.4 is 10.9 Å². The van der Waals surface area contributed by atoms with Crippen molar-refractivity contribution in [2.24, 2.45) is 0 Å². The van der Waals surface area contributed by atoms with Crippen LogP contribution in [-0.2, 0) is 6.54 Å². The van der Waals surface area contributed by atoms with Crippen LogP contribution in [-0.4, -0.2) is 29.5 Å². The summed E-state index contributed by atoms with van der Waals surface area (Å²) >= 11 is 0. The highest BCUT2D eigenvalue weighted by Crippen LogP contribution is 2.18. The number of aromatic nitrogens is 6. The van der Waals surface area contributed by atoms with E-state index in [1.807, 2.05) is 18.2 Å². The number of nitrogens with zero attached hydrogens (tertiary/aromatic N) is 5. The molecule has 0 radical (unpaired) electrons. The molecule has 29 heavy (non-hydrogen) atoms. The van der Waals surface area contributed by atoms with Crippen LogP contribution >= 0.6 is 0 Å². The Morgan fingerprint density at radius 1 is 1.03 bits per heavy atom. The largest absolute Gasteiger partial charge is 0.361 e. The Balaban J connectivity index is 1.66. The number of para-hydroxylation sites is 1. The van der Waals surface area contributed by atoms with Gasteiger partial charge in [0.2, 0.25) is 0 Å². The van der Waals surface area contributed by atoms with Crippen LogP contribution in [0.4, 0.5) is 10.2 Å². The topological polar surface area (TPSA) is 101 Å². The van der Waals surface area contributed by atoms with Crippen molar-refractivity contribution in [3.8, 4) is 5.69 Å². The van der Waals surface area contributed by atoms with Gasteiger partial charge in [0.15, 0.2) is 11.5 Å². The minimum atomic E-state index is -0.598. The molecule has 5 rings (SSSR count). The van der Waals surface area contributed by atoms with E-state index in [1.165, 1.54) is 29.4 Å². The minimum absolute atomic E-state index is 0.0434. The van der Waals surface area contributed by atoms with Crippen molar-refractivity contribution in [1.29, 1.82) is 0 Å². The smallest absolute Gasteiger partial charge is 0.269 e. The van der Waals surface area contributed by atoms with Crippen LogP contribution in [0.2, 0.25) is 0 Å². The standard InChI is InChI=1S/C20H14FN7O/c21-13-7-4-8-14-16(13)20(29)28(12-5-2-1-3-6-12)15(27-14)9-22-18-17-19(24-10-23-17)26-11-25-18/h1-8,10-11H,9H2,(H2,22,23,24,25,26). The lowest BCUT2D eigenvalue weighted by Crippen LogP contribution is -2.26. The highest BCUT2D eigenvalue weighted by molar-refractivity contribution is 5.82. The molecule has 3 heterocycles. The monoisotopic (exact) mass is 387 g/mol. The molecule has 9 heteroatoms. The van der Waals surface area contributed by atoms with Gasteiger partial charge >= 0.3 is 0 Å². The van der Waals surface area contributed by atoms with Gasteiger partial charge < -0.3 is 10.3 Å². The quantitative estimate of drug-likeness (QED) is 0.492. The van der Waals surface area contributed by atoms with Gasteiger partial charge in [0.05, 0.1) is 24.1 Å². The van der Waals surface area contributed by atoms with Crippen LogP contribution in [0.15, 0.2) is 66.0 Å². The fourth-order valence-corrected chi connectivity index (χ4v) is 3.26. The summed E-state index contributed by atoms with van der Waals surface area (Å²) in [7, 11) is 0. The van der Waals surface area contributed by atoms with E-state index in [2.05, 4.69) is 30.2 Å². The molecule has 8 nitrogen and oxygen atoms in total. The Kier molecular flexibility index (Phi) is 3.98. The lowest BCUT2D eigenvalue weighted by molar-refractivity contribution is 0.636. The first-order valence-corrected chi connectivity index (χ1v) is 8.86. The number of aromatic amines is 1. The van der Waals surface area contributed by atoms with E-state index in [0.29, 0.717) is 34.0 Å². The number of rotatable bonds is 4. The molecule has 0 saturated heterocycles. The van der Waals surface area contributed by atoms with Gasteiger partial charge in [-0.15, -0.1) is 0 Å². The molecule has 0 saturated carbocycles. The van der Waals surface area contributed by atoms with Crippen molar-refractivity contribution in [3.63, 3.8) is 0 Å². The average Bonchev–Trinajstić information content (AvgIpc) is 3.22. The highest BCUT2D eigenvalue weighted by atomic mass is 19.1. The number of benzene rings is 2. The van der Waals surface area contributed by atoms with Crippen LogP contribution in [0.5, 0.6) is 0 Å². The van der Waals surface area contributed by atoms with Crippen molar-refractivity contribution < 1.29 is 4.39 Å². The molecule has 0 fully saturated rings. The summed E-state index contributed by atoms with van der Waals surface area (Å²) in [4.78, 5) is 33.1. The second-order valence-corrected chi connectivity index (χ2v) is 6.32. The van der Waals surface area contributed by atoms with Crippen molar-refractivity contribution in [1.82, 2.24) is 29.5 Å². The first kappa shape index (κ1) is 17.0. The Bertz CT molecular complexity index is 1390. The number of imidazole rings is 1. The molecule has 0 amide bonds. The van der Waals surface area contributed by atoms with Crippen molar-refractivity contribution in [3.05, 3.63) is 83.2 Å². The Morgan fingerprint density at radius 3 is 2.76 bits per heavy atom. The molecule has 3 aromatic heterocycles. The Labute approximate surface area is 163 Å². The third kappa shape index (κ3) is 2.89. The molecule has 0 bridgehead atoms. The van der Waals surface area contributed by atoms with Crippen molar-refractivity contribution >= 4 is 27.9 Å². The van der Waals surface area contributed by atoms with Gasteiger partial charge in [-0.1, -0.05) is 24.3 Å². The number of H-pyrrole nitrogens is 1. The Morgan fingerprint density at radius 2 is 1.90 bits per heavy atom. The molecule has 0 aliphatic carbocycles. The maximum absolute atomic E-state index is 14.4. The highest BCUT2D eigenvalue weighted by Gasteiger charge is 2.16. The third-order valence-electron chi connectivity index (χ3n) is 4.57. The molecule has 0 unspecified atom stereocenters. The van der Waals surface area contributed by atoms with Gasteiger partial charge in [0.25, 0.3) is 5.56 Å². The summed E-state index contributed by atoms with van der Waals surface area (Å²) in [5.41, 5.74) is 1.60. The minimum Gasteiger partial charge on any atom is -0.361 e. The van der Waals surface area contributed by atoms with E-state index in [4.69, 9.17) is 0 Å². The summed E-state index contributed by atoms with van der Waals surface area (Å²) < 4.78 is 15.8. The maximum Gasteiger partial charge on any atom is 0.269 e. The summed E-state index contributed by atoms with van der Waals surface area (Å²) in [6.45, 7) is 0.182. The molecule has 0 aliphatic heterocycles. The number of halogens is 1. The first-order chi connectivity index (χ1) is 14.2. The normalized spacial score (nSPS) is 11.2. The van der Waals surface area contributed by atoms with Crippen LogP contribution in [0, 0.1) is 5.82 Å². The first-order valence-electron chi connectivity index (χ1n) is 8.86. The molecular weight excluding hydrogens is 373 g/mol. The number of fused-ring (bicyclic) bond motifs is 2. The zero-order chi connectivity index (χ0) is 19.8. The van der Waals surface area contributed by atoms with E-state index in [0.717, 1.165) is 0 Å². The van der Waals surface area contributed by atoms with E-state index < -0.39 is 11.4 Å². The summed E-state index contributed by atoms with van der Waals surface area (Å²) in [6.07, 6.45) is 2.93. The lowest BCUT2D eigenvalue weighted by Gasteiger charge is -2.15. The molecule has 2 aromatic carbocycles. The Hall–Kier alpha value is -4.14. The van der Waals surface area contributed by atoms with E-state index >= 15 is 0 Å². The molecule has 2 N–H and O–H groups in total. The van der Waals surface area contributed by atoms with E-state index in [9.17, 15) is 9.18 Å². The number of nitrogens with one attached hydrogen (secondary N) is 2. The van der Waals surface area contributed by atoms with Crippen LogP contribution in [0.1, 0.15) is 5.82 Å². The zero-order valence-electron chi connectivity index (χ0n) is 15.0. The number of hydrogen-bond donors (Lipinski definition) is 2.